The molecule has 5 heteroatoms. The highest BCUT2D eigenvalue weighted by molar-refractivity contribution is 5.56. The normalized spacial score (nSPS) is 10.6. The summed E-state index contributed by atoms with van der Waals surface area (Å²) >= 11 is 0. The number of nitrogens with one attached hydrogen (secondary N) is 1. The van der Waals surface area contributed by atoms with Crippen LogP contribution in [0.15, 0.2) is 16.7 Å². The molecule has 2 aromatic rings. The highest BCUT2D eigenvalue weighted by Gasteiger charge is 2.09. The van der Waals surface area contributed by atoms with Crippen molar-refractivity contribution < 1.29 is 9.52 Å². The van der Waals surface area contributed by atoms with E-state index in [9.17, 15) is 0 Å². The average Bonchev–Trinajstić information content (AvgIpc) is 2.71. The lowest BCUT2D eigenvalue weighted by molar-refractivity contribution is 0.272. The zero-order valence-electron chi connectivity index (χ0n) is 7.11. The standard InChI is InChI=1S/C8H9N3O2/c1-5-6(2-3-13-5)8-9-7(4-12)10-11-8/h2-3,12H,4H2,1H3,(H,9,10,11). The maximum atomic E-state index is 8.76. The van der Waals surface area contributed by atoms with E-state index in [1.54, 1.807) is 12.3 Å². The number of furan rings is 1. The van der Waals surface area contributed by atoms with Gasteiger partial charge in [0, 0.05) is 0 Å². The molecular formula is C8H9N3O2. The van der Waals surface area contributed by atoms with Crippen LogP contribution in [0, 0.1) is 6.92 Å². The molecular weight excluding hydrogens is 170 g/mol. The van der Waals surface area contributed by atoms with Crippen molar-refractivity contribution >= 4 is 0 Å². The summed E-state index contributed by atoms with van der Waals surface area (Å²) in [7, 11) is 0. The Morgan fingerprint density at radius 3 is 3.00 bits per heavy atom. The van der Waals surface area contributed by atoms with Crippen LogP contribution < -0.4 is 0 Å². The number of hydrogen-bond donors (Lipinski definition) is 2. The Morgan fingerprint density at radius 2 is 2.46 bits per heavy atom. The fourth-order valence-corrected chi connectivity index (χ4v) is 1.10. The van der Waals surface area contributed by atoms with Crippen LogP contribution in [0.3, 0.4) is 0 Å². The molecule has 0 aliphatic carbocycles. The Labute approximate surface area is 74.4 Å². The molecule has 5 nitrogen and oxygen atoms in total. The van der Waals surface area contributed by atoms with Gasteiger partial charge in [-0.1, -0.05) is 0 Å². The molecule has 2 aromatic heterocycles. The number of H-pyrrole nitrogens is 1. The Balaban J connectivity index is 2.41. The number of rotatable bonds is 2. The second-order valence-corrected chi connectivity index (χ2v) is 2.65. The van der Waals surface area contributed by atoms with Crippen LogP contribution in [0.1, 0.15) is 11.6 Å². The van der Waals surface area contributed by atoms with Crippen molar-refractivity contribution in [1.82, 2.24) is 15.2 Å². The van der Waals surface area contributed by atoms with E-state index in [0.29, 0.717) is 11.6 Å². The average molecular weight is 179 g/mol. The van der Waals surface area contributed by atoms with E-state index < -0.39 is 0 Å². The van der Waals surface area contributed by atoms with Gasteiger partial charge in [0.1, 0.15) is 12.4 Å². The van der Waals surface area contributed by atoms with E-state index in [1.807, 2.05) is 6.92 Å². The molecule has 0 saturated heterocycles. The zero-order valence-corrected chi connectivity index (χ0v) is 7.11. The molecule has 68 valence electrons. The van der Waals surface area contributed by atoms with Gasteiger partial charge < -0.3 is 9.52 Å². The van der Waals surface area contributed by atoms with Crippen molar-refractivity contribution in [3.63, 3.8) is 0 Å². The van der Waals surface area contributed by atoms with Gasteiger partial charge in [0.15, 0.2) is 11.6 Å². The first-order chi connectivity index (χ1) is 6.31. The maximum Gasteiger partial charge on any atom is 0.184 e. The maximum absolute atomic E-state index is 8.76. The summed E-state index contributed by atoms with van der Waals surface area (Å²) in [5.41, 5.74) is 0.843. The van der Waals surface area contributed by atoms with Gasteiger partial charge in [-0.05, 0) is 13.0 Å². The van der Waals surface area contributed by atoms with Gasteiger partial charge in [-0.3, -0.25) is 5.10 Å². The Kier molecular flexibility index (Phi) is 1.86. The Morgan fingerprint density at radius 1 is 1.62 bits per heavy atom. The van der Waals surface area contributed by atoms with Gasteiger partial charge >= 0.3 is 0 Å². The van der Waals surface area contributed by atoms with Crippen LogP contribution in [-0.2, 0) is 6.61 Å². The SMILES string of the molecule is Cc1occc1-c1n[nH]c(CO)n1. The van der Waals surface area contributed by atoms with Gasteiger partial charge in [0.2, 0.25) is 0 Å². The topological polar surface area (TPSA) is 74.9 Å². The molecule has 0 aliphatic rings. The molecule has 2 heterocycles. The van der Waals surface area contributed by atoms with E-state index in [1.165, 1.54) is 0 Å². The summed E-state index contributed by atoms with van der Waals surface area (Å²) in [6.45, 7) is 1.70. The lowest BCUT2D eigenvalue weighted by Crippen LogP contribution is -1.84. The third-order valence-corrected chi connectivity index (χ3v) is 1.78. The number of aromatic amines is 1. The minimum atomic E-state index is -0.135. The first-order valence-corrected chi connectivity index (χ1v) is 3.88. The van der Waals surface area contributed by atoms with Gasteiger partial charge in [0.25, 0.3) is 0 Å². The van der Waals surface area contributed by atoms with Gasteiger partial charge in [-0.25, -0.2) is 4.98 Å². The molecule has 0 saturated carbocycles. The number of aryl methyl sites for hydroxylation is 1. The molecule has 0 aliphatic heterocycles. The molecule has 0 bridgehead atoms. The number of aromatic nitrogens is 3. The molecule has 0 unspecified atom stereocenters. The first kappa shape index (κ1) is 8.00. The van der Waals surface area contributed by atoms with Crippen LogP contribution in [-0.4, -0.2) is 20.3 Å². The summed E-state index contributed by atoms with van der Waals surface area (Å²) < 4.78 is 5.11. The predicted octanol–water partition coefficient (Wildman–Crippen LogP) is 0.865. The Bertz CT molecular complexity index is 405. The van der Waals surface area contributed by atoms with E-state index in [-0.39, 0.29) is 6.61 Å². The highest BCUT2D eigenvalue weighted by atomic mass is 16.3. The van der Waals surface area contributed by atoms with Gasteiger partial charge in [-0.2, -0.15) is 5.10 Å². The van der Waals surface area contributed by atoms with Crippen LogP contribution in [0.25, 0.3) is 11.4 Å². The number of hydrogen-bond acceptors (Lipinski definition) is 4. The summed E-state index contributed by atoms with van der Waals surface area (Å²) in [4.78, 5) is 4.06. The minimum Gasteiger partial charge on any atom is -0.469 e. The number of nitrogens with zero attached hydrogens (tertiary/aromatic N) is 2. The molecule has 0 aromatic carbocycles. The molecule has 0 fully saturated rings. The van der Waals surface area contributed by atoms with Crippen LogP contribution in [0.2, 0.25) is 0 Å². The third kappa shape index (κ3) is 1.33. The monoisotopic (exact) mass is 179 g/mol. The number of aliphatic hydroxyl groups is 1. The van der Waals surface area contributed by atoms with Crippen molar-refractivity contribution in [3.8, 4) is 11.4 Å². The minimum absolute atomic E-state index is 0.135. The molecule has 0 amide bonds. The van der Waals surface area contributed by atoms with Gasteiger partial charge in [0.05, 0.1) is 11.8 Å². The quantitative estimate of drug-likeness (QED) is 0.717. The molecule has 2 rings (SSSR count). The summed E-state index contributed by atoms with van der Waals surface area (Å²) in [6, 6.07) is 1.79. The second-order valence-electron chi connectivity index (χ2n) is 2.65. The lowest BCUT2D eigenvalue weighted by Gasteiger charge is -1.88. The first-order valence-electron chi connectivity index (χ1n) is 3.88. The van der Waals surface area contributed by atoms with E-state index >= 15 is 0 Å². The molecule has 0 radical (unpaired) electrons. The fraction of sp³-hybridized carbons (Fsp3) is 0.250. The smallest absolute Gasteiger partial charge is 0.184 e. The molecule has 0 atom stereocenters. The zero-order chi connectivity index (χ0) is 9.26. The van der Waals surface area contributed by atoms with Crippen LogP contribution >= 0.6 is 0 Å². The highest BCUT2D eigenvalue weighted by Crippen LogP contribution is 2.19. The second kappa shape index (κ2) is 3.02. The molecule has 13 heavy (non-hydrogen) atoms. The Hall–Kier alpha value is -1.62. The van der Waals surface area contributed by atoms with Gasteiger partial charge in [-0.15, -0.1) is 0 Å². The molecule has 2 N–H and O–H groups in total. The van der Waals surface area contributed by atoms with Crippen LogP contribution in [0.4, 0.5) is 0 Å². The molecule has 0 spiro atoms. The van der Waals surface area contributed by atoms with Crippen molar-refractivity contribution in [2.24, 2.45) is 0 Å². The van der Waals surface area contributed by atoms with E-state index in [0.717, 1.165) is 11.3 Å². The van der Waals surface area contributed by atoms with Crippen molar-refractivity contribution in [2.45, 2.75) is 13.5 Å². The van der Waals surface area contributed by atoms with E-state index in [2.05, 4.69) is 15.2 Å². The van der Waals surface area contributed by atoms with Crippen molar-refractivity contribution in [3.05, 3.63) is 23.9 Å². The van der Waals surface area contributed by atoms with Crippen molar-refractivity contribution in [1.29, 1.82) is 0 Å². The predicted molar refractivity (Wildman–Crippen MR) is 44.7 cm³/mol. The van der Waals surface area contributed by atoms with Crippen molar-refractivity contribution in [2.75, 3.05) is 0 Å². The summed E-state index contributed by atoms with van der Waals surface area (Å²) in [5, 5.41) is 15.3. The van der Waals surface area contributed by atoms with Crippen LogP contribution in [0.5, 0.6) is 0 Å². The summed E-state index contributed by atoms with van der Waals surface area (Å²) in [5.74, 6) is 1.77. The van der Waals surface area contributed by atoms with E-state index in [4.69, 9.17) is 9.52 Å². The summed E-state index contributed by atoms with van der Waals surface area (Å²) in [6.07, 6.45) is 1.58. The third-order valence-electron chi connectivity index (χ3n) is 1.78. The fourth-order valence-electron chi connectivity index (χ4n) is 1.10. The number of aliphatic hydroxyl groups excluding tert-OH is 1. The largest absolute Gasteiger partial charge is 0.469 e. The lowest BCUT2D eigenvalue weighted by atomic mass is 10.2.